The first-order valence-corrected chi connectivity index (χ1v) is 10.4. The number of amides is 1. The zero-order valence-corrected chi connectivity index (χ0v) is 18.0. The molecule has 0 aliphatic carbocycles. The van der Waals surface area contributed by atoms with Crippen LogP contribution >= 0.6 is 11.3 Å². The predicted molar refractivity (Wildman–Crippen MR) is 112 cm³/mol. The van der Waals surface area contributed by atoms with Crippen LogP contribution in [0.5, 0.6) is 11.5 Å². The fraction of sp³-hybridized carbons (Fsp3) is 0.429. The minimum atomic E-state index is -0.427. The number of hydrogen-bond donors (Lipinski definition) is 1. The normalized spacial score (nSPS) is 13.5. The summed E-state index contributed by atoms with van der Waals surface area (Å²) in [5, 5.41) is 3.42. The number of likely N-dealkylation sites (N-methyl/N-ethyl adjacent to an activating group) is 1. The fourth-order valence-electron chi connectivity index (χ4n) is 3.30. The van der Waals surface area contributed by atoms with Gasteiger partial charge in [0.25, 0.3) is 5.91 Å². The number of benzene rings is 1. The van der Waals surface area contributed by atoms with Gasteiger partial charge in [-0.1, -0.05) is 0 Å². The molecule has 1 aliphatic rings. The van der Waals surface area contributed by atoms with Gasteiger partial charge in [-0.3, -0.25) is 4.79 Å². The van der Waals surface area contributed by atoms with Crippen LogP contribution < -0.4 is 14.8 Å². The van der Waals surface area contributed by atoms with Crippen molar-refractivity contribution in [1.29, 1.82) is 0 Å². The van der Waals surface area contributed by atoms with Crippen molar-refractivity contribution in [3.05, 3.63) is 39.8 Å². The lowest BCUT2D eigenvalue weighted by Crippen LogP contribution is -2.26. The van der Waals surface area contributed by atoms with Crippen LogP contribution in [0.3, 0.4) is 0 Å². The number of methoxy groups -OCH3 is 1. The molecule has 7 nitrogen and oxygen atoms in total. The zero-order valence-electron chi connectivity index (χ0n) is 17.2. The van der Waals surface area contributed by atoms with E-state index >= 15 is 0 Å². The number of hydrogen-bond acceptors (Lipinski definition) is 7. The largest absolute Gasteiger partial charge is 0.490 e. The summed E-state index contributed by atoms with van der Waals surface area (Å²) < 4.78 is 16.1. The van der Waals surface area contributed by atoms with Crippen molar-refractivity contribution < 1.29 is 23.8 Å². The van der Waals surface area contributed by atoms with E-state index in [-0.39, 0.29) is 5.91 Å². The van der Waals surface area contributed by atoms with Gasteiger partial charge in [-0.05, 0) is 51.1 Å². The first kappa shape index (κ1) is 21.1. The minimum absolute atomic E-state index is 0.314. The van der Waals surface area contributed by atoms with Crippen molar-refractivity contribution in [3.63, 3.8) is 0 Å². The molecular formula is C21H26N2O5S. The van der Waals surface area contributed by atoms with Crippen LogP contribution in [0.15, 0.2) is 18.2 Å². The average molecular weight is 419 g/mol. The molecule has 0 saturated carbocycles. The Labute approximate surface area is 174 Å². The first-order chi connectivity index (χ1) is 14.0. The smallest absolute Gasteiger partial charge is 0.341 e. The SMILES string of the molecule is CCOc1ccc(C(=O)Nc2sc3c(c2C(=O)OC)CCN(C)C3)cc1OCC. The molecule has 3 rings (SSSR count). The van der Waals surface area contributed by atoms with Crippen molar-refractivity contribution in [1.82, 2.24) is 4.90 Å². The van der Waals surface area contributed by atoms with Crippen LogP contribution in [0, 0.1) is 0 Å². The maximum atomic E-state index is 12.9. The molecule has 1 amide bonds. The number of carbonyl (C=O) groups is 2. The van der Waals surface area contributed by atoms with E-state index in [4.69, 9.17) is 14.2 Å². The number of thiophene rings is 1. The summed E-state index contributed by atoms with van der Waals surface area (Å²) >= 11 is 1.43. The highest BCUT2D eigenvalue weighted by molar-refractivity contribution is 7.17. The highest BCUT2D eigenvalue weighted by Gasteiger charge is 2.28. The van der Waals surface area contributed by atoms with Gasteiger partial charge in [-0.15, -0.1) is 11.3 Å². The molecule has 1 aromatic carbocycles. The Kier molecular flexibility index (Phi) is 6.76. The number of carbonyl (C=O) groups excluding carboxylic acids is 2. The lowest BCUT2D eigenvalue weighted by molar-refractivity contribution is 0.0600. The molecule has 0 radical (unpaired) electrons. The Hall–Kier alpha value is -2.58. The highest BCUT2D eigenvalue weighted by atomic mass is 32.1. The van der Waals surface area contributed by atoms with Gasteiger partial charge in [0.15, 0.2) is 11.5 Å². The lowest BCUT2D eigenvalue weighted by atomic mass is 10.0. The summed E-state index contributed by atoms with van der Waals surface area (Å²) in [7, 11) is 3.39. The second-order valence-corrected chi connectivity index (χ2v) is 7.77. The van der Waals surface area contributed by atoms with Gasteiger partial charge in [0, 0.05) is 23.5 Å². The number of ether oxygens (including phenoxy) is 3. The van der Waals surface area contributed by atoms with E-state index < -0.39 is 5.97 Å². The number of esters is 1. The van der Waals surface area contributed by atoms with E-state index in [0.717, 1.165) is 30.0 Å². The summed E-state index contributed by atoms with van der Waals surface area (Å²) in [6.07, 6.45) is 0.750. The Morgan fingerprint density at radius 1 is 1.17 bits per heavy atom. The third kappa shape index (κ3) is 4.54. The topological polar surface area (TPSA) is 77.1 Å². The third-order valence-electron chi connectivity index (χ3n) is 4.67. The maximum Gasteiger partial charge on any atom is 0.341 e. The van der Waals surface area contributed by atoms with Crippen LogP contribution in [0.2, 0.25) is 0 Å². The summed E-state index contributed by atoms with van der Waals surface area (Å²) in [4.78, 5) is 28.6. The van der Waals surface area contributed by atoms with Gasteiger partial charge in [-0.25, -0.2) is 4.79 Å². The summed E-state index contributed by atoms with van der Waals surface area (Å²) in [6.45, 7) is 6.33. The van der Waals surface area contributed by atoms with Gasteiger partial charge in [0.1, 0.15) is 5.00 Å². The van der Waals surface area contributed by atoms with E-state index in [9.17, 15) is 9.59 Å². The quantitative estimate of drug-likeness (QED) is 0.693. The molecule has 0 fully saturated rings. The molecular weight excluding hydrogens is 392 g/mol. The molecule has 2 heterocycles. The van der Waals surface area contributed by atoms with Crippen molar-refractivity contribution in [2.45, 2.75) is 26.8 Å². The van der Waals surface area contributed by atoms with Crippen LogP contribution in [-0.2, 0) is 17.7 Å². The fourth-order valence-corrected chi connectivity index (χ4v) is 4.62. The van der Waals surface area contributed by atoms with Crippen molar-refractivity contribution in [3.8, 4) is 11.5 Å². The Balaban J connectivity index is 1.91. The maximum absolute atomic E-state index is 12.9. The molecule has 1 N–H and O–H groups in total. The molecule has 2 aromatic rings. The average Bonchev–Trinajstić information content (AvgIpc) is 3.05. The molecule has 0 saturated heterocycles. The highest BCUT2D eigenvalue weighted by Crippen LogP contribution is 2.38. The minimum Gasteiger partial charge on any atom is -0.490 e. The summed E-state index contributed by atoms with van der Waals surface area (Å²) in [5.74, 6) is 0.369. The van der Waals surface area contributed by atoms with Crippen molar-refractivity contribution in [2.24, 2.45) is 0 Å². The van der Waals surface area contributed by atoms with Crippen molar-refractivity contribution in [2.75, 3.05) is 39.2 Å². The molecule has 1 aromatic heterocycles. The second kappa shape index (κ2) is 9.28. The number of nitrogens with one attached hydrogen (secondary N) is 1. The van der Waals surface area contributed by atoms with Gasteiger partial charge in [-0.2, -0.15) is 0 Å². The number of fused-ring (bicyclic) bond motifs is 1. The van der Waals surface area contributed by atoms with E-state index in [0.29, 0.717) is 40.8 Å². The molecule has 156 valence electrons. The molecule has 0 spiro atoms. The van der Waals surface area contributed by atoms with E-state index in [1.807, 2.05) is 20.9 Å². The zero-order chi connectivity index (χ0) is 21.0. The van der Waals surface area contributed by atoms with E-state index in [1.165, 1.54) is 18.4 Å². The molecule has 0 unspecified atom stereocenters. The molecule has 8 heteroatoms. The summed E-state index contributed by atoms with van der Waals surface area (Å²) in [6, 6.07) is 5.06. The molecule has 1 aliphatic heterocycles. The van der Waals surface area contributed by atoms with Gasteiger partial charge in [0.2, 0.25) is 0 Å². The number of rotatable bonds is 7. The predicted octanol–water partition coefficient (Wildman–Crippen LogP) is 3.57. The van der Waals surface area contributed by atoms with Crippen LogP contribution in [0.25, 0.3) is 0 Å². The third-order valence-corrected chi connectivity index (χ3v) is 5.80. The molecule has 29 heavy (non-hydrogen) atoms. The summed E-state index contributed by atoms with van der Waals surface area (Å²) in [5.41, 5.74) is 1.86. The molecule has 0 atom stereocenters. The standard InChI is InChI=1S/C21H26N2O5S/c1-5-27-15-8-7-13(11-16(15)28-6-2)19(24)22-20-18(21(25)26-4)14-9-10-23(3)12-17(14)29-20/h7-8,11H,5-6,9-10,12H2,1-4H3,(H,22,24). The van der Waals surface area contributed by atoms with Gasteiger partial charge >= 0.3 is 5.97 Å². The Morgan fingerprint density at radius 2 is 1.90 bits per heavy atom. The van der Waals surface area contributed by atoms with Gasteiger partial charge < -0.3 is 24.4 Å². The number of anilines is 1. The number of nitrogens with zero attached hydrogens (tertiary/aromatic N) is 1. The second-order valence-electron chi connectivity index (χ2n) is 6.67. The lowest BCUT2D eigenvalue weighted by Gasteiger charge is -2.22. The first-order valence-electron chi connectivity index (χ1n) is 9.60. The van der Waals surface area contributed by atoms with Gasteiger partial charge in [0.05, 0.1) is 25.9 Å². The van der Waals surface area contributed by atoms with E-state index in [1.54, 1.807) is 18.2 Å². The monoisotopic (exact) mass is 418 g/mol. The van der Waals surface area contributed by atoms with Crippen LogP contribution in [0.1, 0.15) is 45.0 Å². The van der Waals surface area contributed by atoms with Crippen LogP contribution in [-0.4, -0.2) is 50.7 Å². The van der Waals surface area contributed by atoms with Crippen LogP contribution in [0.4, 0.5) is 5.00 Å². The Bertz CT molecular complexity index is 909. The van der Waals surface area contributed by atoms with E-state index in [2.05, 4.69) is 10.2 Å². The Morgan fingerprint density at radius 3 is 2.59 bits per heavy atom. The van der Waals surface area contributed by atoms with Crippen molar-refractivity contribution >= 4 is 28.2 Å². The molecule has 0 bridgehead atoms.